The van der Waals surface area contributed by atoms with Gasteiger partial charge >= 0.3 is 0 Å². The third-order valence-electron chi connectivity index (χ3n) is 3.96. The summed E-state index contributed by atoms with van der Waals surface area (Å²) in [5.41, 5.74) is 0. The van der Waals surface area contributed by atoms with Gasteiger partial charge in [-0.05, 0) is 12.8 Å². The summed E-state index contributed by atoms with van der Waals surface area (Å²) in [4.78, 5) is 8.80. The van der Waals surface area contributed by atoms with E-state index in [4.69, 9.17) is 4.74 Å². The standard InChI is InChI=1S/C12H20N4O3S/c17-20(18,12-8-13-10-14-12)16-3-1-2-11(16)9-15-4-6-19-7-5-15/h8,10-11H,1-7,9H2,(H,13,14). The summed E-state index contributed by atoms with van der Waals surface area (Å²) in [6.45, 7) is 4.62. The number of morpholine rings is 1. The van der Waals surface area contributed by atoms with Crippen molar-refractivity contribution in [3.63, 3.8) is 0 Å². The highest BCUT2D eigenvalue weighted by Gasteiger charge is 2.36. The van der Waals surface area contributed by atoms with Crippen molar-refractivity contribution in [2.45, 2.75) is 23.9 Å². The molecule has 1 atom stereocenters. The van der Waals surface area contributed by atoms with Crippen molar-refractivity contribution in [3.05, 3.63) is 12.5 Å². The fourth-order valence-corrected chi connectivity index (χ4v) is 4.48. The molecule has 0 amide bonds. The zero-order valence-corrected chi connectivity index (χ0v) is 12.2. The Morgan fingerprint density at radius 2 is 2.15 bits per heavy atom. The van der Waals surface area contributed by atoms with Gasteiger partial charge in [-0.3, -0.25) is 4.90 Å². The Labute approximate surface area is 119 Å². The summed E-state index contributed by atoms with van der Waals surface area (Å²) in [6, 6.07) is 0.0569. The minimum atomic E-state index is -3.44. The monoisotopic (exact) mass is 300 g/mol. The van der Waals surface area contributed by atoms with Gasteiger partial charge in [-0.2, -0.15) is 4.31 Å². The Bertz CT molecular complexity index is 525. The van der Waals surface area contributed by atoms with Crippen LogP contribution in [0, 0.1) is 0 Å². The van der Waals surface area contributed by atoms with Crippen LogP contribution in [0.15, 0.2) is 17.6 Å². The quantitative estimate of drug-likeness (QED) is 0.840. The Balaban J connectivity index is 1.72. The summed E-state index contributed by atoms with van der Waals surface area (Å²) >= 11 is 0. The minimum absolute atomic E-state index is 0.0569. The number of sulfonamides is 1. The second kappa shape index (κ2) is 5.80. The van der Waals surface area contributed by atoms with Gasteiger partial charge < -0.3 is 9.72 Å². The van der Waals surface area contributed by atoms with Gasteiger partial charge in [0.1, 0.15) is 0 Å². The molecule has 0 aliphatic carbocycles. The lowest BCUT2D eigenvalue weighted by atomic mass is 10.2. The summed E-state index contributed by atoms with van der Waals surface area (Å²) in [7, 11) is -3.44. The van der Waals surface area contributed by atoms with Gasteiger partial charge in [-0.1, -0.05) is 0 Å². The minimum Gasteiger partial charge on any atom is -0.379 e. The Morgan fingerprint density at radius 1 is 1.35 bits per heavy atom. The van der Waals surface area contributed by atoms with Gasteiger partial charge in [-0.15, -0.1) is 0 Å². The molecular formula is C12H20N4O3S. The zero-order valence-electron chi connectivity index (χ0n) is 11.4. The summed E-state index contributed by atoms with van der Waals surface area (Å²) < 4.78 is 32.1. The smallest absolute Gasteiger partial charge is 0.260 e. The summed E-state index contributed by atoms with van der Waals surface area (Å²) in [5.74, 6) is 0. The van der Waals surface area contributed by atoms with E-state index in [2.05, 4.69) is 14.9 Å². The second-order valence-corrected chi connectivity index (χ2v) is 7.10. The van der Waals surface area contributed by atoms with Gasteiger partial charge in [0.2, 0.25) is 0 Å². The third kappa shape index (κ3) is 2.73. The van der Waals surface area contributed by atoms with Crippen LogP contribution < -0.4 is 0 Å². The molecule has 2 saturated heterocycles. The maximum Gasteiger partial charge on any atom is 0.260 e. The van der Waals surface area contributed by atoms with Crippen LogP contribution in [0.1, 0.15) is 12.8 Å². The predicted molar refractivity (Wildman–Crippen MR) is 72.8 cm³/mol. The van der Waals surface area contributed by atoms with Crippen molar-refractivity contribution in [2.24, 2.45) is 0 Å². The number of rotatable bonds is 4. The van der Waals surface area contributed by atoms with Crippen LogP contribution in [-0.2, 0) is 14.8 Å². The van der Waals surface area contributed by atoms with Crippen molar-refractivity contribution in [2.75, 3.05) is 39.4 Å². The molecule has 2 fully saturated rings. The fourth-order valence-electron chi connectivity index (χ4n) is 2.90. The summed E-state index contributed by atoms with van der Waals surface area (Å²) in [5, 5.41) is 0.186. The highest BCUT2D eigenvalue weighted by Crippen LogP contribution is 2.25. The molecule has 0 spiro atoms. The second-order valence-electron chi connectivity index (χ2n) is 5.24. The molecular weight excluding hydrogens is 280 g/mol. The summed E-state index contributed by atoms with van der Waals surface area (Å²) in [6.07, 6.45) is 4.62. The molecule has 112 valence electrons. The van der Waals surface area contributed by atoms with Crippen LogP contribution in [0.25, 0.3) is 0 Å². The lowest BCUT2D eigenvalue weighted by Crippen LogP contribution is -2.46. The van der Waals surface area contributed by atoms with Crippen molar-refractivity contribution in [1.82, 2.24) is 19.2 Å². The molecule has 1 N–H and O–H groups in total. The number of nitrogens with one attached hydrogen (secondary N) is 1. The van der Waals surface area contributed by atoms with E-state index in [1.165, 1.54) is 12.5 Å². The van der Waals surface area contributed by atoms with Gasteiger partial charge in [0, 0.05) is 32.2 Å². The van der Waals surface area contributed by atoms with Crippen LogP contribution in [-0.4, -0.2) is 73.0 Å². The Kier molecular flexibility index (Phi) is 4.06. The van der Waals surface area contributed by atoms with Crippen LogP contribution in [0.3, 0.4) is 0 Å². The average molecular weight is 300 g/mol. The maximum atomic E-state index is 12.6. The van der Waals surface area contributed by atoms with Crippen LogP contribution in [0.5, 0.6) is 0 Å². The van der Waals surface area contributed by atoms with Crippen molar-refractivity contribution in [1.29, 1.82) is 0 Å². The van der Waals surface area contributed by atoms with Gasteiger partial charge in [0.05, 0.1) is 25.7 Å². The van der Waals surface area contributed by atoms with E-state index in [0.717, 1.165) is 45.7 Å². The molecule has 2 aliphatic heterocycles. The van der Waals surface area contributed by atoms with E-state index in [0.29, 0.717) is 6.54 Å². The topological polar surface area (TPSA) is 78.5 Å². The molecule has 1 aromatic rings. The molecule has 2 aliphatic rings. The highest BCUT2D eigenvalue weighted by molar-refractivity contribution is 7.89. The molecule has 0 bridgehead atoms. The molecule has 1 unspecified atom stereocenters. The van der Waals surface area contributed by atoms with E-state index in [9.17, 15) is 8.42 Å². The number of nitrogens with zero attached hydrogens (tertiary/aromatic N) is 3. The van der Waals surface area contributed by atoms with Crippen LogP contribution in [0.2, 0.25) is 0 Å². The largest absolute Gasteiger partial charge is 0.379 e. The fraction of sp³-hybridized carbons (Fsp3) is 0.750. The molecule has 0 aromatic carbocycles. The van der Waals surface area contributed by atoms with Crippen LogP contribution in [0.4, 0.5) is 0 Å². The SMILES string of the molecule is O=S(=O)(c1cnc[nH]1)N1CCCC1CN1CCOCC1. The van der Waals surface area contributed by atoms with Crippen molar-refractivity contribution < 1.29 is 13.2 Å². The number of hydrogen-bond acceptors (Lipinski definition) is 5. The number of aromatic nitrogens is 2. The maximum absolute atomic E-state index is 12.6. The first-order valence-electron chi connectivity index (χ1n) is 6.98. The van der Waals surface area contributed by atoms with E-state index >= 15 is 0 Å². The van der Waals surface area contributed by atoms with Gasteiger partial charge in [-0.25, -0.2) is 13.4 Å². The average Bonchev–Trinajstić information content (AvgIpc) is 3.11. The first kappa shape index (κ1) is 14.0. The molecule has 0 radical (unpaired) electrons. The molecule has 7 nitrogen and oxygen atoms in total. The lowest BCUT2D eigenvalue weighted by Gasteiger charge is -2.32. The third-order valence-corrected chi connectivity index (χ3v) is 5.83. The van der Waals surface area contributed by atoms with Crippen molar-refractivity contribution >= 4 is 10.0 Å². The normalized spacial score (nSPS) is 26.1. The van der Waals surface area contributed by atoms with Crippen molar-refractivity contribution in [3.8, 4) is 0 Å². The number of imidazole rings is 1. The van der Waals surface area contributed by atoms with Gasteiger partial charge in [0.25, 0.3) is 10.0 Å². The van der Waals surface area contributed by atoms with Gasteiger partial charge in [0.15, 0.2) is 5.03 Å². The Hall–Kier alpha value is -0.960. The lowest BCUT2D eigenvalue weighted by molar-refractivity contribution is 0.0312. The van der Waals surface area contributed by atoms with E-state index in [1.807, 2.05) is 0 Å². The predicted octanol–water partition coefficient (Wildman–Crippen LogP) is -0.105. The first-order chi connectivity index (χ1) is 9.68. The number of ether oxygens (including phenoxy) is 1. The Morgan fingerprint density at radius 3 is 2.85 bits per heavy atom. The number of hydrogen-bond donors (Lipinski definition) is 1. The molecule has 0 saturated carbocycles. The molecule has 1 aromatic heterocycles. The number of H-pyrrole nitrogens is 1. The molecule has 8 heteroatoms. The molecule has 20 heavy (non-hydrogen) atoms. The number of aromatic amines is 1. The highest BCUT2D eigenvalue weighted by atomic mass is 32.2. The van der Waals surface area contributed by atoms with E-state index in [-0.39, 0.29) is 11.1 Å². The van der Waals surface area contributed by atoms with E-state index in [1.54, 1.807) is 4.31 Å². The zero-order chi connectivity index (χ0) is 14.0. The molecule has 3 rings (SSSR count). The van der Waals surface area contributed by atoms with E-state index < -0.39 is 10.0 Å². The first-order valence-corrected chi connectivity index (χ1v) is 8.42. The van der Waals surface area contributed by atoms with Crippen LogP contribution >= 0.6 is 0 Å². The molecule has 3 heterocycles.